The molecule has 2 aromatic heterocycles. The van der Waals surface area contributed by atoms with Gasteiger partial charge in [0.15, 0.2) is 5.82 Å². The zero-order chi connectivity index (χ0) is 24.9. The highest BCUT2D eigenvalue weighted by atomic mass is 16.1. The molecule has 0 atom stereocenters. The molecule has 1 aliphatic carbocycles. The number of imidazole rings is 1. The summed E-state index contributed by atoms with van der Waals surface area (Å²) < 4.78 is 4.04. The monoisotopic (exact) mass is 484 g/mol. The van der Waals surface area contributed by atoms with Crippen molar-refractivity contribution in [2.75, 3.05) is 0 Å². The van der Waals surface area contributed by atoms with Gasteiger partial charge in [0.25, 0.3) is 0 Å². The lowest BCUT2D eigenvalue weighted by Crippen LogP contribution is -2.27. The standard InChI is InChI=1S/C29H36N6O/c1-3-9-27-21(2)34(19-18-22-10-5-4-6-11-22)29(36)35(27)20-23-14-16-24(17-15-23)25-12-7-8-13-26(25)28-30-32-33-31-28/h7-8,12-17,22H,3-6,9-11,18-20H2,1-2H3,(H,30,31,32,33). The molecule has 0 saturated heterocycles. The van der Waals surface area contributed by atoms with Crippen LogP contribution in [-0.2, 0) is 19.5 Å². The van der Waals surface area contributed by atoms with E-state index in [1.807, 2.05) is 27.3 Å². The van der Waals surface area contributed by atoms with Crippen molar-refractivity contribution < 1.29 is 0 Å². The van der Waals surface area contributed by atoms with E-state index in [1.165, 1.54) is 37.8 Å². The molecule has 188 valence electrons. The van der Waals surface area contributed by atoms with Crippen molar-refractivity contribution in [2.24, 2.45) is 5.92 Å². The summed E-state index contributed by atoms with van der Waals surface area (Å²) in [6, 6.07) is 16.6. The molecule has 0 bridgehead atoms. The number of hydrogen-bond acceptors (Lipinski definition) is 4. The van der Waals surface area contributed by atoms with Crippen LogP contribution < -0.4 is 5.69 Å². The van der Waals surface area contributed by atoms with Crippen molar-refractivity contribution in [1.82, 2.24) is 29.8 Å². The highest BCUT2D eigenvalue weighted by Crippen LogP contribution is 2.30. The van der Waals surface area contributed by atoms with Gasteiger partial charge in [-0.1, -0.05) is 94.0 Å². The molecule has 0 radical (unpaired) electrons. The molecule has 0 aliphatic heterocycles. The van der Waals surface area contributed by atoms with E-state index in [0.717, 1.165) is 59.7 Å². The topological polar surface area (TPSA) is 81.4 Å². The van der Waals surface area contributed by atoms with E-state index in [4.69, 9.17) is 0 Å². The summed E-state index contributed by atoms with van der Waals surface area (Å²) >= 11 is 0. The number of hydrogen-bond donors (Lipinski definition) is 1. The molecule has 1 aliphatic rings. The van der Waals surface area contributed by atoms with E-state index < -0.39 is 0 Å². The Morgan fingerprint density at radius 3 is 2.42 bits per heavy atom. The van der Waals surface area contributed by atoms with Crippen molar-refractivity contribution in [3.8, 4) is 22.5 Å². The Morgan fingerprint density at radius 1 is 0.972 bits per heavy atom. The van der Waals surface area contributed by atoms with Gasteiger partial charge >= 0.3 is 5.69 Å². The molecule has 0 amide bonds. The average Bonchev–Trinajstić information content (AvgIpc) is 3.53. The molecular weight excluding hydrogens is 448 g/mol. The lowest BCUT2D eigenvalue weighted by atomic mass is 9.87. The summed E-state index contributed by atoms with van der Waals surface area (Å²) in [5.74, 6) is 1.42. The maximum Gasteiger partial charge on any atom is 0.328 e. The van der Waals surface area contributed by atoms with Crippen molar-refractivity contribution in [2.45, 2.75) is 78.3 Å². The summed E-state index contributed by atoms with van der Waals surface area (Å²) in [4.78, 5) is 13.5. The van der Waals surface area contributed by atoms with Crippen LogP contribution in [0.1, 0.15) is 68.8 Å². The lowest BCUT2D eigenvalue weighted by Gasteiger charge is -2.21. The Labute approximate surface area is 212 Å². The Morgan fingerprint density at radius 2 is 1.72 bits per heavy atom. The third-order valence-electron chi connectivity index (χ3n) is 7.72. The number of tetrazole rings is 1. The largest absolute Gasteiger partial charge is 0.328 e. The minimum absolute atomic E-state index is 0.138. The normalized spacial score (nSPS) is 14.4. The van der Waals surface area contributed by atoms with Gasteiger partial charge in [0, 0.05) is 23.5 Å². The SMILES string of the molecule is CCCc1c(C)n(CCC2CCCCC2)c(=O)n1Cc1ccc(-c2ccccc2-c2nnn[nH]2)cc1. The molecule has 0 spiro atoms. The Bertz CT molecular complexity index is 1330. The molecule has 0 unspecified atom stereocenters. The summed E-state index contributed by atoms with van der Waals surface area (Å²) in [6.45, 7) is 5.75. The number of aromatic nitrogens is 6. The van der Waals surface area contributed by atoms with Gasteiger partial charge in [0.1, 0.15) is 0 Å². The van der Waals surface area contributed by atoms with E-state index in [1.54, 1.807) is 0 Å². The van der Waals surface area contributed by atoms with E-state index in [-0.39, 0.29) is 5.69 Å². The molecule has 1 saturated carbocycles. The third-order valence-corrected chi connectivity index (χ3v) is 7.72. The second-order valence-corrected chi connectivity index (χ2v) is 10.1. The molecule has 1 fully saturated rings. The molecule has 36 heavy (non-hydrogen) atoms. The average molecular weight is 485 g/mol. The van der Waals surface area contributed by atoms with Crippen molar-refractivity contribution >= 4 is 0 Å². The molecule has 2 heterocycles. The van der Waals surface area contributed by atoms with Crippen LogP contribution in [0.2, 0.25) is 0 Å². The zero-order valence-electron chi connectivity index (χ0n) is 21.4. The second-order valence-electron chi connectivity index (χ2n) is 10.1. The highest BCUT2D eigenvalue weighted by molar-refractivity contribution is 5.80. The number of nitrogens with zero attached hydrogens (tertiary/aromatic N) is 5. The fourth-order valence-electron chi connectivity index (χ4n) is 5.71. The molecule has 7 heteroatoms. The lowest BCUT2D eigenvalue weighted by molar-refractivity contribution is 0.321. The summed E-state index contributed by atoms with van der Waals surface area (Å²) in [5.41, 5.74) is 6.70. The molecule has 2 aromatic carbocycles. The maximum absolute atomic E-state index is 13.5. The molecule has 1 N–H and O–H groups in total. The molecule has 7 nitrogen and oxygen atoms in total. The number of benzene rings is 2. The predicted molar refractivity (Wildman–Crippen MR) is 143 cm³/mol. The van der Waals surface area contributed by atoms with Gasteiger partial charge < -0.3 is 0 Å². The summed E-state index contributed by atoms with van der Waals surface area (Å²) in [5, 5.41) is 14.4. The van der Waals surface area contributed by atoms with Gasteiger partial charge in [-0.25, -0.2) is 9.89 Å². The quantitative estimate of drug-likeness (QED) is 0.327. The number of rotatable bonds is 9. The highest BCUT2D eigenvalue weighted by Gasteiger charge is 2.19. The molecule has 4 aromatic rings. The minimum Gasteiger partial charge on any atom is -0.296 e. The first-order valence-electron chi connectivity index (χ1n) is 13.4. The maximum atomic E-state index is 13.5. The van der Waals surface area contributed by atoms with Gasteiger partial charge in [-0.05, 0) is 52.8 Å². The van der Waals surface area contributed by atoms with Crippen LogP contribution in [0.4, 0.5) is 0 Å². The summed E-state index contributed by atoms with van der Waals surface area (Å²) in [7, 11) is 0. The van der Waals surface area contributed by atoms with E-state index in [2.05, 4.69) is 64.8 Å². The van der Waals surface area contributed by atoms with Crippen LogP contribution in [-0.4, -0.2) is 29.8 Å². The second kappa shape index (κ2) is 11.1. The number of nitrogens with one attached hydrogen (secondary N) is 1. The Balaban J connectivity index is 1.38. The van der Waals surface area contributed by atoms with Crippen molar-refractivity contribution in [1.29, 1.82) is 0 Å². The van der Waals surface area contributed by atoms with Crippen molar-refractivity contribution in [3.05, 3.63) is 76.0 Å². The van der Waals surface area contributed by atoms with E-state index >= 15 is 0 Å². The van der Waals surface area contributed by atoms with Crippen LogP contribution in [0.25, 0.3) is 22.5 Å². The van der Waals surface area contributed by atoms with Crippen LogP contribution >= 0.6 is 0 Å². The first kappa shape index (κ1) is 24.2. The molecular formula is C29H36N6O. The van der Waals surface area contributed by atoms with Crippen LogP contribution in [0.15, 0.2) is 53.3 Å². The van der Waals surface area contributed by atoms with E-state index in [0.29, 0.717) is 12.4 Å². The first-order valence-corrected chi connectivity index (χ1v) is 13.4. The fourth-order valence-corrected chi connectivity index (χ4v) is 5.71. The van der Waals surface area contributed by atoms with Gasteiger partial charge in [-0.2, -0.15) is 0 Å². The number of H-pyrrole nitrogens is 1. The predicted octanol–water partition coefficient (Wildman–Crippen LogP) is 5.78. The van der Waals surface area contributed by atoms with Crippen LogP contribution in [0.5, 0.6) is 0 Å². The zero-order valence-corrected chi connectivity index (χ0v) is 21.4. The van der Waals surface area contributed by atoms with Crippen molar-refractivity contribution in [3.63, 3.8) is 0 Å². The van der Waals surface area contributed by atoms with Gasteiger partial charge in [0.2, 0.25) is 0 Å². The van der Waals surface area contributed by atoms with Gasteiger partial charge in [-0.3, -0.25) is 9.13 Å². The van der Waals surface area contributed by atoms with Gasteiger partial charge in [0.05, 0.1) is 6.54 Å². The van der Waals surface area contributed by atoms with E-state index in [9.17, 15) is 4.79 Å². The summed E-state index contributed by atoms with van der Waals surface area (Å²) in [6.07, 6.45) is 9.76. The fraction of sp³-hybridized carbons (Fsp3) is 0.448. The van der Waals surface area contributed by atoms with Gasteiger partial charge in [-0.15, -0.1) is 5.10 Å². The smallest absolute Gasteiger partial charge is 0.296 e. The minimum atomic E-state index is 0.138. The third kappa shape index (κ3) is 5.06. The first-order chi connectivity index (χ1) is 17.7. The Kier molecular flexibility index (Phi) is 7.44. The Hall–Kier alpha value is -3.48. The van der Waals surface area contributed by atoms with Crippen LogP contribution in [0.3, 0.4) is 0 Å². The number of aromatic amines is 1. The molecule has 5 rings (SSSR count). The van der Waals surface area contributed by atoms with Crippen LogP contribution in [0, 0.1) is 12.8 Å².